The van der Waals surface area contributed by atoms with E-state index in [1.807, 2.05) is 4.90 Å². The molecule has 2 amide bonds. The lowest BCUT2D eigenvalue weighted by Gasteiger charge is -2.32. The first-order valence-electron chi connectivity index (χ1n) is 8.34. The molecule has 0 aromatic carbocycles. The van der Waals surface area contributed by atoms with Crippen molar-refractivity contribution < 1.29 is 14.3 Å². The quantitative estimate of drug-likeness (QED) is 0.794. The van der Waals surface area contributed by atoms with Crippen LogP contribution in [0.1, 0.15) is 64.2 Å². The number of rotatable bonds is 5. The van der Waals surface area contributed by atoms with Gasteiger partial charge in [0.15, 0.2) is 0 Å². The van der Waals surface area contributed by atoms with Gasteiger partial charge in [-0.15, -0.1) is 0 Å². The van der Waals surface area contributed by atoms with E-state index in [2.05, 4.69) is 5.32 Å². The van der Waals surface area contributed by atoms with Crippen molar-refractivity contribution in [3.8, 4) is 0 Å². The first kappa shape index (κ1) is 16.1. The third-order valence-electron chi connectivity index (χ3n) is 4.74. The highest BCUT2D eigenvalue weighted by Crippen LogP contribution is 2.24. The number of methoxy groups -OCH3 is 1. The summed E-state index contributed by atoms with van der Waals surface area (Å²) in [6.07, 6.45) is 10.6. The highest BCUT2D eigenvalue weighted by atomic mass is 16.5. The second-order valence-corrected chi connectivity index (χ2v) is 6.24. The van der Waals surface area contributed by atoms with Crippen molar-refractivity contribution in [3.63, 3.8) is 0 Å². The summed E-state index contributed by atoms with van der Waals surface area (Å²) in [5.41, 5.74) is 0. The van der Waals surface area contributed by atoms with E-state index in [0.717, 1.165) is 25.7 Å². The Balaban J connectivity index is 1.89. The molecule has 5 nitrogen and oxygen atoms in total. The van der Waals surface area contributed by atoms with Gasteiger partial charge in [-0.2, -0.15) is 0 Å². The van der Waals surface area contributed by atoms with Gasteiger partial charge in [-0.25, -0.2) is 4.79 Å². The zero-order valence-electron chi connectivity index (χ0n) is 13.1. The standard InChI is InChI=1S/C16H28N2O3/c1-21-15(19)11-12-18(14-9-5-6-10-14)16(20)17-13-7-3-2-4-8-13/h13-14H,2-12H2,1H3,(H,17,20). The van der Waals surface area contributed by atoms with E-state index < -0.39 is 0 Å². The number of carbonyl (C=O) groups is 2. The number of carbonyl (C=O) groups excluding carboxylic acids is 2. The van der Waals surface area contributed by atoms with E-state index in [4.69, 9.17) is 4.74 Å². The lowest BCUT2D eigenvalue weighted by Crippen LogP contribution is -2.49. The smallest absolute Gasteiger partial charge is 0.317 e. The molecule has 0 radical (unpaired) electrons. The van der Waals surface area contributed by atoms with Crippen LogP contribution in [0.5, 0.6) is 0 Å². The van der Waals surface area contributed by atoms with Crippen LogP contribution in [0.4, 0.5) is 4.79 Å². The molecular weight excluding hydrogens is 268 g/mol. The average Bonchev–Trinajstić information content (AvgIpc) is 3.02. The zero-order valence-corrected chi connectivity index (χ0v) is 13.1. The SMILES string of the molecule is COC(=O)CCN(C(=O)NC1CCCCC1)C1CCCC1. The fourth-order valence-corrected chi connectivity index (χ4v) is 3.48. The molecule has 0 aliphatic heterocycles. The number of amides is 2. The molecule has 1 N–H and O–H groups in total. The normalized spacial score (nSPS) is 20.2. The van der Waals surface area contributed by atoms with Crippen LogP contribution in [0.3, 0.4) is 0 Å². The maximum atomic E-state index is 12.6. The van der Waals surface area contributed by atoms with Gasteiger partial charge in [0.05, 0.1) is 13.5 Å². The predicted molar refractivity (Wildman–Crippen MR) is 81.0 cm³/mol. The molecule has 120 valence electrons. The molecule has 0 unspecified atom stereocenters. The Bertz CT molecular complexity index is 347. The topological polar surface area (TPSA) is 58.6 Å². The molecule has 0 aromatic rings. The molecular formula is C16H28N2O3. The fourth-order valence-electron chi connectivity index (χ4n) is 3.48. The van der Waals surface area contributed by atoms with Crippen LogP contribution in [0.2, 0.25) is 0 Å². The molecule has 2 aliphatic carbocycles. The summed E-state index contributed by atoms with van der Waals surface area (Å²) in [5, 5.41) is 3.17. The van der Waals surface area contributed by atoms with Crippen molar-refractivity contribution in [3.05, 3.63) is 0 Å². The van der Waals surface area contributed by atoms with Crippen molar-refractivity contribution in [1.82, 2.24) is 10.2 Å². The summed E-state index contributed by atoms with van der Waals surface area (Å²) in [7, 11) is 1.39. The Kier molecular flexibility index (Phi) is 6.33. The maximum Gasteiger partial charge on any atom is 0.317 e. The van der Waals surface area contributed by atoms with Gasteiger partial charge in [0.2, 0.25) is 0 Å². The fraction of sp³-hybridized carbons (Fsp3) is 0.875. The first-order valence-corrected chi connectivity index (χ1v) is 8.34. The second-order valence-electron chi connectivity index (χ2n) is 6.24. The van der Waals surface area contributed by atoms with Gasteiger partial charge in [0.1, 0.15) is 0 Å². The summed E-state index contributed by atoms with van der Waals surface area (Å²) in [6, 6.07) is 0.615. The Morgan fingerprint density at radius 2 is 1.67 bits per heavy atom. The van der Waals surface area contributed by atoms with Crippen LogP contribution in [0.25, 0.3) is 0 Å². The Morgan fingerprint density at radius 3 is 2.29 bits per heavy atom. The number of esters is 1. The molecule has 2 rings (SSSR count). The highest BCUT2D eigenvalue weighted by molar-refractivity contribution is 5.76. The summed E-state index contributed by atoms with van der Waals surface area (Å²) < 4.78 is 4.70. The molecule has 5 heteroatoms. The van der Waals surface area contributed by atoms with Crippen LogP contribution in [-0.2, 0) is 9.53 Å². The van der Waals surface area contributed by atoms with Gasteiger partial charge in [-0.3, -0.25) is 4.79 Å². The van der Waals surface area contributed by atoms with E-state index >= 15 is 0 Å². The highest BCUT2D eigenvalue weighted by Gasteiger charge is 2.28. The number of hydrogen-bond acceptors (Lipinski definition) is 3. The summed E-state index contributed by atoms with van der Waals surface area (Å²) in [4.78, 5) is 25.8. The van der Waals surface area contributed by atoms with Crippen LogP contribution in [-0.4, -0.2) is 42.6 Å². The van der Waals surface area contributed by atoms with Crippen molar-refractivity contribution in [2.24, 2.45) is 0 Å². The van der Waals surface area contributed by atoms with Crippen molar-refractivity contribution in [2.45, 2.75) is 76.3 Å². The van der Waals surface area contributed by atoms with Crippen molar-refractivity contribution in [2.75, 3.05) is 13.7 Å². The zero-order chi connectivity index (χ0) is 15.1. The van der Waals surface area contributed by atoms with E-state index in [1.165, 1.54) is 39.2 Å². The third-order valence-corrected chi connectivity index (χ3v) is 4.74. The summed E-state index contributed by atoms with van der Waals surface area (Å²) in [5.74, 6) is -0.247. The van der Waals surface area contributed by atoms with Gasteiger partial charge in [-0.1, -0.05) is 32.1 Å². The summed E-state index contributed by atoms with van der Waals surface area (Å²) in [6.45, 7) is 0.468. The Hall–Kier alpha value is -1.26. The van der Waals surface area contributed by atoms with Gasteiger partial charge in [-0.05, 0) is 25.7 Å². The van der Waals surface area contributed by atoms with Gasteiger partial charge in [0, 0.05) is 18.6 Å². The van der Waals surface area contributed by atoms with E-state index in [0.29, 0.717) is 18.6 Å². The largest absolute Gasteiger partial charge is 0.469 e. The number of nitrogens with one attached hydrogen (secondary N) is 1. The van der Waals surface area contributed by atoms with Crippen molar-refractivity contribution in [1.29, 1.82) is 0 Å². The summed E-state index contributed by atoms with van der Waals surface area (Å²) >= 11 is 0. The lowest BCUT2D eigenvalue weighted by molar-refractivity contribution is -0.140. The molecule has 2 fully saturated rings. The molecule has 0 aromatic heterocycles. The molecule has 0 bridgehead atoms. The van der Waals surface area contributed by atoms with E-state index in [9.17, 15) is 9.59 Å². The molecule has 0 spiro atoms. The molecule has 0 heterocycles. The van der Waals surface area contributed by atoms with Crippen LogP contribution < -0.4 is 5.32 Å². The minimum absolute atomic E-state index is 0.0118. The van der Waals surface area contributed by atoms with Crippen LogP contribution in [0.15, 0.2) is 0 Å². The number of urea groups is 1. The van der Waals surface area contributed by atoms with Crippen molar-refractivity contribution >= 4 is 12.0 Å². The third kappa shape index (κ3) is 4.90. The van der Waals surface area contributed by atoms with Crippen LogP contribution >= 0.6 is 0 Å². The maximum absolute atomic E-state index is 12.6. The number of ether oxygens (including phenoxy) is 1. The minimum Gasteiger partial charge on any atom is -0.469 e. The molecule has 0 saturated heterocycles. The lowest BCUT2D eigenvalue weighted by atomic mass is 9.96. The monoisotopic (exact) mass is 296 g/mol. The first-order chi connectivity index (χ1) is 10.2. The van der Waals surface area contributed by atoms with Gasteiger partial charge < -0.3 is 15.0 Å². The minimum atomic E-state index is -0.247. The number of nitrogens with zero attached hydrogens (tertiary/aromatic N) is 1. The average molecular weight is 296 g/mol. The van der Waals surface area contributed by atoms with Gasteiger partial charge >= 0.3 is 12.0 Å². The Labute approximate surface area is 127 Å². The van der Waals surface area contributed by atoms with Gasteiger partial charge in [0.25, 0.3) is 0 Å². The van der Waals surface area contributed by atoms with E-state index in [1.54, 1.807) is 0 Å². The van der Waals surface area contributed by atoms with Crippen LogP contribution in [0, 0.1) is 0 Å². The molecule has 2 aliphatic rings. The second kappa shape index (κ2) is 8.25. The molecule has 21 heavy (non-hydrogen) atoms. The predicted octanol–water partition coefficient (Wildman–Crippen LogP) is 2.84. The molecule has 0 atom stereocenters. The molecule has 2 saturated carbocycles. The van der Waals surface area contributed by atoms with E-state index in [-0.39, 0.29) is 18.4 Å². The Morgan fingerprint density at radius 1 is 1.05 bits per heavy atom. The number of hydrogen-bond donors (Lipinski definition) is 1.